The number of rotatable bonds is 4. The number of nitrogens with zero attached hydrogens (tertiary/aromatic N) is 1. The van der Waals surface area contributed by atoms with Gasteiger partial charge in [0, 0.05) is 18.1 Å². The molecule has 1 atom stereocenters. The van der Waals surface area contributed by atoms with Crippen LogP contribution in [-0.4, -0.2) is 20.8 Å². The van der Waals surface area contributed by atoms with E-state index < -0.39 is 32.6 Å². The topological polar surface area (TPSA) is 54.0 Å². The molecular formula is C15H10Cl4F3N3O. The van der Waals surface area contributed by atoms with Crippen LogP contribution in [0.1, 0.15) is 15.9 Å². The van der Waals surface area contributed by atoms with Gasteiger partial charge in [-0.3, -0.25) is 9.78 Å². The first-order valence-electron chi connectivity index (χ1n) is 6.89. The van der Waals surface area contributed by atoms with Crippen molar-refractivity contribution in [2.24, 2.45) is 0 Å². The fraction of sp³-hybridized carbons (Fsp3) is 0.200. The zero-order valence-electron chi connectivity index (χ0n) is 12.6. The molecule has 4 nitrogen and oxygen atoms in total. The second kappa shape index (κ2) is 8.08. The summed E-state index contributed by atoms with van der Waals surface area (Å²) >= 11 is 23.2. The van der Waals surface area contributed by atoms with E-state index in [0.717, 1.165) is 18.2 Å². The second-order valence-electron chi connectivity index (χ2n) is 5.03. The van der Waals surface area contributed by atoms with Crippen LogP contribution in [0.5, 0.6) is 0 Å². The number of aromatic nitrogens is 1. The van der Waals surface area contributed by atoms with Gasteiger partial charge in [-0.05, 0) is 30.3 Å². The van der Waals surface area contributed by atoms with Gasteiger partial charge in [0.05, 0.1) is 16.1 Å². The van der Waals surface area contributed by atoms with Crippen molar-refractivity contribution in [3.63, 3.8) is 0 Å². The lowest BCUT2D eigenvalue weighted by Gasteiger charge is -2.27. The van der Waals surface area contributed by atoms with Crippen molar-refractivity contribution in [3.8, 4) is 0 Å². The smallest absolute Gasteiger partial charge is 0.362 e. The van der Waals surface area contributed by atoms with E-state index >= 15 is 0 Å². The Morgan fingerprint density at radius 3 is 2.35 bits per heavy atom. The lowest BCUT2D eigenvalue weighted by molar-refractivity contribution is -0.137. The molecule has 11 heteroatoms. The van der Waals surface area contributed by atoms with E-state index in [1.807, 2.05) is 0 Å². The summed E-state index contributed by atoms with van der Waals surface area (Å²) in [4.78, 5) is 16.0. The molecule has 1 amide bonds. The maximum Gasteiger partial charge on any atom is 0.417 e. The van der Waals surface area contributed by atoms with E-state index in [9.17, 15) is 18.0 Å². The largest absolute Gasteiger partial charge is 0.417 e. The quantitative estimate of drug-likeness (QED) is 0.495. The van der Waals surface area contributed by atoms with Crippen LogP contribution in [0, 0.1) is 0 Å². The van der Waals surface area contributed by atoms with Crippen molar-refractivity contribution in [2.45, 2.75) is 16.1 Å². The molecule has 1 heterocycles. The number of halogens is 7. The molecule has 0 saturated heterocycles. The van der Waals surface area contributed by atoms with Gasteiger partial charge in [0.25, 0.3) is 5.91 Å². The molecule has 0 aliphatic carbocycles. The SMILES string of the molecule is O=C(NC(Nc1ccc(C(F)(F)F)c(Cl)c1)C(Cl)(Cl)Cl)c1cccnc1. The maximum absolute atomic E-state index is 12.8. The minimum absolute atomic E-state index is 0.116. The van der Waals surface area contributed by atoms with Crippen molar-refractivity contribution >= 4 is 58.0 Å². The summed E-state index contributed by atoms with van der Waals surface area (Å²) in [7, 11) is 0. The summed E-state index contributed by atoms with van der Waals surface area (Å²) in [5.41, 5.74) is -0.681. The first kappa shape index (κ1) is 20.9. The fourth-order valence-corrected chi connectivity index (χ4v) is 2.53. The Bertz CT molecular complexity index is 782. The number of hydrogen-bond acceptors (Lipinski definition) is 3. The van der Waals surface area contributed by atoms with Crippen LogP contribution >= 0.6 is 46.4 Å². The molecular weight excluding hydrogens is 437 g/mol. The van der Waals surface area contributed by atoms with Crippen molar-refractivity contribution in [2.75, 3.05) is 5.32 Å². The van der Waals surface area contributed by atoms with Crippen LogP contribution in [0.3, 0.4) is 0 Å². The van der Waals surface area contributed by atoms with Gasteiger partial charge in [-0.1, -0.05) is 46.4 Å². The zero-order chi connectivity index (χ0) is 19.5. The fourth-order valence-electron chi connectivity index (χ4n) is 1.91. The highest BCUT2D eigenvalue weighted by Crippen LogP contribution is 2.37. The van der Waals surface area contributed by atoms with Gasteiger partial charge in [-0.15, -0.1) is 0 Å². The molecule has 26 heavy (non-hydrogen) atoms. The molecule has 0 saturated carbocycles. The number of carbonyl (C=O) groups is 1. The van der Waals surface area contributed by atoms with Gasteiger partial charge in [0.15, 0.2) is 0 Å². The van der Waals surface area contributed by atoms with Crippen molar-refractivity contribution in [3.05, 3.63) is 58.9 Å². The monoisotopic (exact) mass is 445 g/mol. The molecule has 0 aliphatic rings. The summed E-state index contributed by atoms with van der Waals surface area (Å²) in [6.07, 6.45) is -3.07. The Morgan fingerprint density at radius 2 is 1.85 bits per heavy atom. The average Bonchev–Trinajstić information content (AvgIpc) is 2.53. The molecule has 1 aromatic heterocycles. The van der Waals surface area contributed by atoms with Gasteiger partial charge in [-0.2, -0.15) is 13.2 Å². The number of amides is 1. The molecule has 0 aliphatic heterocycles. The van der Waals surface area contributed by atoms with Crippen molar-refractivity contribution in [1.82, 2.24) is 10.3 Å². The Labute approximate surface area is 166 Å². The molecule has 1 unspecified atom stereocenters. The minimum atomic E-state index is -4.60. The van der Waals surface area contributed by atoms with Crippen molar-refractivity contribution in [1.29, 1.82) is 0 Å². The number of nitrogens with one attached hydrogen (secondary N) is 2. The second-order valence-corrected chi connectivity index (χ2v) is 7.80. The van der Waals surface area contributed by atoms with Gasteiger partial charge in [-0.25, -0.2) is 0 Å². The summed E-state index contributed by atoms with van der Waals surface area (Å²) in [6, 6.07) is 5.94. The highest BCUT2D eigenvalue weighted by Gasteiger charge is 2.36. The Morgan fingerprint density at radius 1 is 1.15 bits per heavy atom. The molecule has 2 aromatic rings. The number of anilines is 1. The molecule has 0 radical (unpaired) electrons. The first-order chi connectivity index (χ1) is 12.0. The van der Waals surface area contributed by atoms with E-state index in [0.29, 0.717) is 0 Å². The van der Waals surface area contributed by atoms with Gasteiger partial charge < -0.3 is 10.6 Å². The van der Waals surface area contributed by atoms with E-state index in [2.05, 4.69) is 15.6 Å². The maximum atomic E-state index is 12.8. The van der Waals surface area contributed by atoms with Crippen LogP contribution in [0.4, 0.5) is 18.9 Å². The first-order valence-corrected chi connectivity index (χ1v) is 8.40. The summed E-state index contributed by atoms with van der Waals surface area (Å²) in [6.45, 7) is 0. The standard InChI is InChI=1S/C15H10Cl4F3N3O/c16-11-6-9(3-4-10(11)15(20,21)22)24-13(14(17,18)19)25-12(26)8-2-1-5-23-7-8/h1-7,13,24H,(H,25,26). The number of carbonyl (C=O) groups excluding carboxylic acids is 1. The van der Waals surface area contributed by atoms with Gasteiger partial charge in [0.1, 0.15) is 6.17 Å². The Hall–Kier alpha value is -1.41. The molecule has 2 rings (SSSR count). The predicted octanol–water partition coefficient (Wildman–Crippen LogP) is 5.29. The zero-order valence-corrected chi connectivity index (χ0v) is 15.6. The van der Waals surface area contributed by atoms with E-state index in [-0.39, 0.29) is 11.3 Å². The van der Waals surface area contributed by atoms with Gasteiger partial charge >= 0.3 is 6.18 Å². The predicted molar refractivity (Wildman–Crippen MR) is 95.9 cm³/mol. The molecule has 0 bridgehead atoms. The molecule has 0 fully saturated rings. The molecule has 1 aromatic carbocycles. The number of hydrogen-bond donors (Lipinski definition) is 2. The van der Waals surface area contributed by atoms with E-state index in [1.54, 1.807) is 6.07 Å². The molecule has 0 spiro atoms. The third-order valence-corrected chi connectivity index (χ3v) is 4.08. The number of pyridine rings is 1. The summed E-state index contributed by atoms with van der Waals surface area (Å²) in [5, 5.41) is 4.54. The third kappa shape index (κ3) is 5.54. The average molecular weight is 447 g/mol. The highest BCUT2D eigenvalue weighted by molar-refractivity contribution is 6.68. The van der Waals surface area contributed by atoms with Crippen LogP contribution in [0.25, 0.3) is 0 Å². The van der Waals surface area contributed by atoms with Crippen LogP contribution < -0.4 is 10.6 Å². The van der Waals surface area contributed by atoms with Crippen LogP contribution in [-0.2, 0) is 6.18 Å². The van der Waals surface area contributed by atoms with Crippen LogP contribution in [0.2, 0.25) is 5.02 Å². The van der Waals surface area contributed by atoms with Gasteiger partial charge in [0.2, 0.25) is 3.79 Å². The Kier molecular flexibility index (Phi) is 6.50. The van der Waals surface area contributed by atoms with E-state index in [4.69, 9.17) is 46.4 Å². The molecule has 2 N–H and O–H groups in total. The van der Waals surface area contributed by atoms with Crippen molar-refractivity contribution < 1.29 is 18.0 Å². The third-order valence-electron chi connectivity index (χ3n) is 3.11. The number of benzene rings is 1. The Balaban J connectivity index is 2.21. The summed E-state index contributed by atoms with van der Waals surface area (Å²) < 4.78 is 36.3. The van der Waals surface area contributed by atoms with E-state index in [1.165, 1.54) is 18.5 Å². The highest BCUT2D eigenvalue weighted by atomic mass is 35.6. The normalized spacial score (nSPS) is 13.2. The summed E-state index contributed by atoms with van der Waals surface area (Å²) in [5.74, 6) is -0.597. The number of alkyl halides is 6. The lowest BCUT2D eigenvalue weighted by Crippen LogP contribution is -2.49. The molecule has 140 valence electrons. The minimum Gasteiger partial charge on any atom is -0.362 e. The van der Waals surface area contributed by atoms with Crippen LogP contribution in [0.15, 0.2) is 42.7 Å². The lowest BCUT2D eigenvalue weighted by atomic mass is 10.2.